The molecule has 136 valence electrons. The number of carbonyl (C=O) groups is 2. The van der Waals surface area contributed by atoms with Crippen LogP contribution in [0.4, 0.5) is 18.9 Å². The van der Waals surface area contributed by atoms with Gasteiger partial charge < -0.3 is 0 Å². The van der Waals surface area contributed by atoms with Crippen LogP contribution in [0.25, 0.3) is 0 Å². The summed E-state index contributed by atoms with van der Waals surface area (Å²) in [6.45, 7) is 1.95. The van der Waals surface area contributed by atoms with Gasteiger partial charge in [0, 0.05) is 11.6 Å². The van der Waals surface area contributed by atoms with Gasteiger partial charge in [-0.2, -0.15) is 13.2 Å². The lowest BCUT2D eigenvalue weighted by Gasteiger charge is -2.36. The molecule has 4 nitrogen and oxygen atoms in total. The van der Waals surface area contributed by atoms with Gasteiger partial charge in [-0.15, -0.1) is 0 Å². The molecule has 2 aliphatic heterocycles. The van der Waals surface area contributed by atoms with E-state index in [1.165, 1.54) is 11.0 Å². The highest BCUT2D eigenvalue weighted by atomic mass is 35.5. The third-order valence-corrected chi connectivity index (χ3v) is 5.30. The predicted octanol–water partition coefficient (Wildman–Crippen LogP) is 3.55. The molecule has 0 N–H and O–H groups in total. The van der Waals surface area contributed by atoms with Crippen LogP contribution in [-0.2, 0) is 9.59 Å². The number of rotatable bonds is 2. The van der Waals surface area contributed by atoms with Gasteiger partial charge in [0.25, 0.3) is 5.91 Å². The highest BCUT2D eigenvalue weighted by Crippen LogP contribution is 2.36. The summed E-state index contributed by atoms with van der Waals surface area (Å²) in [7, 11) is 0. The molecule has 2 saturated heterocycles. The monoisotopic (exact) mass is 374 g/mol. The second-order valence-corrected chi connectivity index (χ2v) is 7.00. The Morgan fingerprint density at radius 2 is 1.96 bits per heavy atom. The first kappa shape index (κ1) is 18.2. The fraction of sp³-hybridized carbons (Fsp3) is 0.529. The van der Waals surface area contributed by atoms with Crippen LogP contribution < -0.4 is 4.90 Å². The van der Waals surface area contributed by atoms with Crippen molar-refractivity contribution < 1.29 is 22.8 Å². The number of hydrogen-bond acceptors (Lipinski definition) is 3. The number of imide groups is 1. The molecule has 0 unspecified atom stereocenters. The molecule has 2 aliphatic rings. The Morgan fingerprint density at radius 1 is 1.24 bits per heavy atom. The van der Waals surface area contributed by atoms with Crippen LogP contribution in [0.15, 0.2) is 18.2 Å². The second kappa shape index (κ2) is 6.61. The number of amides is 2. The van der Waals surface area contributed by atoms with Crippen molar-refractivity contribution in [2.45, 2.75) is 38.4 Å². The van der Waals surface area contributed by atoms with Gasteiger partial charge in [-0.3, -0.25) is 14.5 Å². The smallest absolute Gasteiger partial charge is 0.291 e. The maximum absolute atomic E-state index is 13.0. The van der Waals surface area contributed by atoms with Gasteiger partial charge in [0.1, 0.15) is 0 Å². The van der Waals surface area contributed by atoms with Gasteiger partial charge in [-0.25, -0.2) is 4.90 Å². The summed E-state index contributed by atoms with van der Waals surface area (Å²) in [5, 5.41) is 0.427. The molecule has 0 aliphatic carbocycles. The Balaban J connectivity index is 1.80. The van der Waals surface area contributed by atoms with Crippen molar-refractivity contribution in [1.82, 2.24) is 4.90 Å². The number of piperidine rings is 1. The number of alkyl halides is 3. The van der Waals surface area contributed by atoms with Crippen molar-refractivity contribution in [3.05, 3.63) is 28.8 Å². The Labute approximate surface area is 148 Å². The molecule has 25 heavy (non-hydrogen) atoms. The van der Waals surface area contributed by atoms with Gasteiger partial charge in [0.15, 0.2) is 0 Å². The number of nitrogens with zero attached hydrogens (tertiary/aromatic N) is 2. The number of benzene rings is 1. The third kappa shape index (κ3) is 3.53. The van der Waals surface area contributed by atoms with E-state index in [0.717, 1.165) is 10.5 Å². The van der Waals surface area contributed by atoms with Gasteiger partial charge in [0.2, 0.25) is 5.91 Å². The zero-order valence-corrected chi connectivity index (χ0v) is 14.4. The molecule has 2 atom stereocenters. The summed E-state index contributed by atoms with van der Waals surface area (Å²) >= 11 is 6.06. The first-order valence-corrected chi connectivity index (χ1v) is 8.50. The summed E-state index contributed by atoms with van der Waals surface area (Å²) in [5.41, 5.74) is 1.17. The lowest BCUT2D eigenvalue weighted by molar-refractivity contribution is -0.188. The highest BCUT2D eigenvalue weighted by Gasteiger charge is 2.48. The molecule has 1 aromatic carbocycles. The minimum absolute atomic E-state index is 0.0616. The molecule has 0 bridgehead atoms. The standard InChI is InChI=1S/C17H18ClF3N2O2/c1-10-4-5-12(7-13(10)18)23-15(24)8-14(16(23)25)22-6-2-3-11(9-22)17(19,20)21/h4-5,7,11,14H,2-3,6,8-9H2,1H3/t11-,14-/m1/s1. The van der Waals surface area contributed by atoms with E-state index in [2.05, 4.69) is 0 Å². The summed E-state index contributed by atoms with van der Waals surface area (Å²) in [4.78, 5) is 27.6. The molecule has 1 aromatic rings. The largest absolute Gasteiger partial charge is 0.393 e. The van der Waals surface area contributed by atoms with Crippen LogP contribution in [-0.4, -0.2) is 42.0 Å². The maximum atomic E-state index is 13.0. The van der Waals surface area contributed by atoms with E-state index in [-0.39, 0.29) is 19.4 Å². The minimum Gasteiger partial charge on any atom is -0.291 e. The molecule has 8 heteroatoms. The topological polar surface area (TPSA) is 40.6 Å². The molecular formula is C17H18ClF3N2O2. The van der Waals surface area contributed by atoms with Gasteiger partial charge in [0.05, 0.1) is 24.1 Å². The normalized spacial score (nSPS) is 25.7. The maximum Gasteiger partial charge on any atom is 0.393 e. The Kier molecular flexibility index (Phi) is 4.81. The number of anilines is 1. The van der Waals surface area contributed by atoms with Crippen molar-refractivity contribution in [3.63, 3.8) is 0 Å². The van der Waals surface area contributed by atoms with Crippen LogP contribution >= 0.6 is 11.6 Å². The van der Waals surface area contributed by atoms with Crippen LogP contribution in [0.3, 0.4) is 0 Å². The first-order valence-electron chi connectivity index (χ1n) is 8.12. The quantitative estimate of drug-likeness (QED) is 0.743. The van der Waals surface area contributed by atoms with E-state index in [0.29, 0.717) is 23.7 Å². The molecule has 2 heterocycles. The van der Waals surface area contributed by atoms with E-state index in [4.69, 9.17) is 11.6 Å². The zero-order valence-electron chi connectivity index (χ0n) is 13.6. The van der Waals surface area contributed by atoms with Crippen molar-refractivity contribution in [2.75, 3.05) is 18.0 Å². The summed E-state index contributed by atoms with van der Waals surface area (Å²) in [5.74, 6) is -2.34. The lowest BCUT2D eigenvalue weighted by Crippen LogP contribution is -2.49. The van der Waals surface area contributed by atoms with Crippen molar-refractivity contribution in [2.24, 2.45) is 5.92 Å². The third-order valence-electron chi connectivity index (χ3n) is 4.89. The van der Waals surface area contributed by atoms with Crippen LogP contribution in [0.5, 0.6) is 0 Å². The summed E-state index contributed by atoms with van der Waals surface area (Å²) in [6.07, 6.45) is -3.96. The fourth-order valence-electron chi connectivity index (χ4n) is 3.45. The Morgan fingerprint density at radius 3 is 2.60 bits per heavy atom. The number of likely N-dealkylation sites (tertiary alicyclic amines) is 1. The lowest BCUT2D eigenvalue weighted by atomic mass is 9.96. The Hall–Kier alpha value is -1.60. The van der Waals surface area contributed by atoms with Crippen LogP contribution in [0, 0.1) is 12.8 Å². The van der Waals surface area contributed by atoms with Crippen LogP contribution in [0.2, 0.25) is 5.02 Å². The van der Waals surface area contributed by atoms with E-state index in [9.17, 15) is 22.8 Å². The van der Waals surface area contributed by atoms with E-state index < -0.39 is 30.0 Å². The molecule has 0 radical (unpaired) electrons. The molecular weight excluding hydrogens is 357 g/mol. The minimum atomic E-state index is -4.28. The Bertz CT molecular complexity index is 708. The molecule has 0 spiro atoms. The number of hydrogen-bond donors (Lipinski definition) is 0. The van der Waals surface area contributed by atoms with E-state index >= 15 is 0 Å². The molecule has 2 amide bonds. The SMILES string of the molecule is Cc1ccc(N2C(=O)C[C@@H](N3CCC[C@@H](C(F)(F)F)C3)C2=O)cc1Cl. The average molecular weight is 375 g/mol. The van der Waals surface area contributed by atoms with Gasteiger partial charge >= 0.3 is 6.18 Å². The van der Waals surface area contributed by atoms with Crippen molar-refractivity contribution >= 4 is 29.1 Å². The number of halogens is 4. The summed E-state index contributed by atoms with van der Waals surface area (Å²) in [6, 6.07) is 4.02. The van der Waals surface area contributed by atoms with E-state index in [1.54, 1.807) is 19.1 Å². The van der Waals surface area contributed by atoms with Gasteiger partial charge in [-0.1, -0.05) is 17.7 Å². The summed E-state index contributed by atoms with van der Waals surface area (Å²) < 4.78 is 39.0. The van der Waals surface area contributed by atoms with Crippen LogP contribution in [0.1, 0.15) is 24.8 Å². The zero-order chi connectivity index (χ0) is 18.4. The average Bonchev–Trinajstić information content (AvgIpc) is 2.84. The van der Waals surface area contributed by atoms with Crippen molar-refractivity contribution in [1.29, 1.82) is 0 Å². The van der Waals surface area contributed by atoms with Gasteiger partial charge in [-0.05, 0) is 44.0 Å². The van der Waals surface area contributed by atoms with Crippen molar-refractivity contribution in [3.8, 4) is 0 Å². The molecule has 3 rings (SSSR count). The molecule has 0 saturated carbocycles. The first-order chi connectivity index (χ1) is 11.7. The number of aryl methyl sites for hydroxylation is 1. The molecule has 0 aromatic heterocycles. The second-order valence-electron chi connectivity index (χ2n) is 6.60. The predicted molar refractivity (Wildman–Crippen MR) is 87.4 cm³/mol. The number of carbonyl (C=O) groups excluding carboxylic acids is 2. The fourth-order valence-corrected chi connectivity index (χ4v) is 3.62. The molecule has 2 fully saturated rings. The van der Waals surface area contributed by atoms with E-state index in [1.807, 2.05) is 0 Å². The highest BCUT2D eigenvalue weighted by molar-refractivity contribution is 6.32.